The third-order valence-electron chi connectivity index (χ3n) is 2.74. The average molecular weight is 316 g/mol. The molecule has 0 saturated heterocycles. The molecule has 0 aliphatic carbocycles. The fraction of sp³-hybridized carbons (Fsp3) is 0.294. The quantitative estimate of drug-likeness (QED) is 0.889. The van der Waals surface area contributed by atoms with Crippen LogP contribution in [-0.2, 0) is 4.79 Å². The van der Waals surface area contributed by atoms with Crippen LogP contribution in [0.5, 0.6) is 5.75 Å². The van der Waals surface area contributed by atoms with Crippen LogP contribution in [0.3, 0.4) is 0 Å². The smallest absolute Gasteiger partial charge is 0.291 e. The van der Waals surface area contributed by atoms with Crippen molar-refractivity contribution in [2.75, 3.05) is 11.9 Å². The summed E-state index contributed by atoms with van der Waals surface area (Å²) in [4.78, 5) is 23.5. The summed E-state index contributed by atoms with van der Waals surface area (Å²) in [6.07, 6.45) is 1.44. The zero-order valence-corrected chi connectivity index (χ0v) is 13.4. The maximum absolute atomic E-state index is 11.8. The second-order valence-electron chi connectivity index (χ2n) is 6.04. The molecular formula is C17H20N2O4. The molecule has 6 nitrogen and oxygen atoms in total. The van der Waals surface area contributed by atoms with E-state index in [0.29, 0.717) is 11.4 Å². The number of anilines is 1. The highest BCUT2D eigenvalue weighted by atomic mass is 16.5. The topological polar surface area (TPSA) is 80.6 Å². The van der Waals surface area contributed by atoms with Gasteiger partial charge in [-0.25, -0.2) is 0 Å². The van der Waals surface area contributed by atoms with Gasteiger partial charge in [-0.15, -0.1) is 0 Å². The van der Waals surface area contributed by atoms with Crippen molar-refractivity contribution in [3.63, 3.8) is 0 Å². The summed E-state index contributed by atoms with van der Waals surface area (Å²) in [5.74, 6) is 0.273. The van der Waals surface area contributed by atoms with Gasteiger partial charge in [0.1, 0.15) is 5.75 Å². The van der Waals surface area contributed by atoms with Crippen molar-refractivity contribution in [2.45, 2.75) is 26.3 Å². The number of rotatable bonds is 5. The molecule has 2 rings (SSSR count). The van der Waals surface area contributed by atoms with Crippen LogP contribution in [0.2, 0.25) is 0 Å². The minimum absolute atomic E-state index is 0.0601. The highest BCUT2D eigenvalue weighted by Crippen LogP contribution is 2.16. The third kappa shape index (κ3) is 5.50. The molecule has 0 radical (unpaired) electrons. The molecule has 2 N–H and O–H groups in total. The Morgan fingerprint density at radius 3 is 2.39 bits per heavy atom. The van der Waals surface area contributed by atoms with E-state index in [0.717, 1.165) is 0 Å². The molecule has 2 aromatic rings. The lowest BCUT2D eigenvalue weighted by molar-refractivity contribution is -0.124. The molecule has 1 heterocycles. The third-order valence-corrected chi connectivity index (χ3v) is 2.74. The molecule has 2 amide bonds. The molecule has 0 aliphatic heterocycles. The van der Waals surface area contributed by atoms with E-state index in [9.17, 15) is 9.59 Å². The Hall–Kier alpha value is -2.76. The van der Waals surface area contributed by atoms with Crippen LogP contribution in [0.15, 0.2) is 47.1 Å². The Morgan fingerprint density at radius 1 is 1.13 bits per heavy atom. The average Bonchev–Trinajstić information content (AvgIpc) is 2.99. The Kier molecular flexibility index (Phi) is 5.05. The summed E-state index contributed by atoms with van der Waals surface area (Å²) in [5.41, 5.74) is 0.318. The van der Waals surface area contributed by atoms with Gasteiger partial charge in [-0.3, -0.25) is 9.59 Å². The van der Waals surface area contributed by atoms with E-state index in [2.05, 4.69) is 10.6 Å². The molecule has 23 heavy (non-hydrogen) atoms. The number of amides is 2. The van der Waals surface area contributed by atoms with E-state index < -0.39 is 0 Å². The molecule has 6 heteroatoms. The van der Waals surface area contributed by atoms with E-state index in [1.165, 1.54) is 6.26 Å². The van der Waals surface area contributed by atoms with Crippen molar-refractivity contribution < 1.29 is 18.7 Å². The van der Waals surface area contributed by atoms with E-state index >= 15 is 0 Å². The zero-order chi connectivity index (χ0) is 16.9. The molecule has 0 saturated carbocycles. The lowest BCUT2D eigenvalue weighted by Gasteiger charge is -2.20. The predicted molar refractivity (Wildman–Crippen MR) is 86.5 cm³/mol. The first-order chi connectivity index (χ1) is 10.8. The van der Waals surface area contributed by atoms with Crippen molar-refractivity contribution in [3.8, 4) is 5.75 Å². The molecule has 0 fully saturated rings. The van der Waals surface area contributed by atoms with Crippen molar-refractivity contribution in [1.82, 2.24) is 5.32 Å². The van der Waals surface area contributed by atoms with Crippen molar-refractivity contribution in [3.05, 3.63) is 48.4 Å². The molecule has 1 aromatic carbocycles. The molecule has 0 spiro atoms. The monoisotopic (exact) mass is 316 g/mol. The van der Waals surface area contributed by atoms with Crippen molar-refractivity contribution in [2.24, 2.45) is 0 Å². The van der Waals surface area contributed by atoms with Gasteiger partial charge in [-0.05, 0) is 57.2 Å². The largest absolute Gasteiger partial charge is 0.484 e. The maximum atomic E-state index is 11.8. The molecular weight excluding hydrogens is 296 g/mol. The van der Waals surface area contributed by atoms with Gasteiger partial charge in [0.05, 0.1) is 6.26 Å². The normalized spacial score (nSPS) is 10.9. The highest BCUT2D eigenvalue weighted by molar-refractivity contribution is 6.02. The van der Waals surface area contributed by atoms with Crippen LogP contribution in [0.1, 0.15) is 31.3 Å². The summed E-state index contributed by atoms with van der Waals surface area (Å²) < 4.78 is 10.4. The second kappa shape index (κ2) is 7.00. The fourth-order valence-electron chi connectivity index (χ4n) is 1.84. The number of carbonyl (C=O) groups is 2. The Bertz CT molecular complexity index is 655. The number of carbonyl (C=O) groups excluding carboxylic acids is 2. The molecule has 0 bridgehead atoms. The van der Waals surface area contributed by atoms with Gasteiger partial charge in [0, 0.05) is 11.2 Å². The second-order valence-corrected chi connectivity index (χ2v) is 6.04. The van der Waals surface area contributed by atoms with Crippen LogP contribution in [0.25, 0.3) is 0 Å². The van der Waals surface area contributed by atoms with Gasteiger partial charge >= 0.3 is 0 Å². The van der Waals surface area contributed by atoms with Gasteiger partial charge in [0.2, 0.25) is 0 Å². The van der Waals surface area contributed by atoms with Gasteiger partial charge in [-0.2, -0.15) is 0 Å². The van der Waals surface area contributed by atoms with Crippen LogP contribution < -0.4 is 15.4 Å². The summed E-state index contributed by atoms with van der Waals surface area (Å²) in [6.45, 7) is 5.65. The number of benzene rings is 1. The summed E-state index contributed by atoms with van der Waals surface area (Å²) in [7, 11) is 0. The van der Waals surface area contributed by atoms with Gasteiger partial charge in [0.25, 0.3) is 11.8 Å². The first kappa shape index (κ1) is 16.6. The summed E-state index contributed by atoms with van der Waals surface area (Å²) >= 11 is 0. The fourth-order valence-corrected chi connectivity index (χ4v) is 1.84. The minimum atomic E-state index is -0.326. The Morgan fingerprint density at radius 2 is 1.83 bits per heavy atom. The Labute approximate surface area is 134 Å². The van der Waals surface area contributed by atoms with Crippen LogP contribution in [0, 0.1) is 0 Å². The highest BCUT2D eigenvalue weighted by Gasteiger charge is 2.14. The van der Waals surface area contributed by atoms with Crippen LogP contribution in [0.4, 0.5) is 5.69 Å². The van der Waals surface area contributed by atoms with Gasteiger partial charge < -0.3 is 19.8 Å². The number of hydrogen-bond donors (Lipinski definition) is 2. The first-order valence-electron chi connectivity index (χ1n) is 7.22. The summed E-state index contributed by atoms with van der Waals surface area (Å²) in [5, 5.41) is 5.51. The molecule has 1 aromatic heterocycles. The molecule has 0 atom stereocenters. The van der Waals surface area contributed by atoms with Crippen molar-refractivity contribution in [1.29, 1.82) is 0 Å². The lowest BCUT2D eigenvalue weighted by Crippen LogP contribution is -2.43. The number of furan rings is 1. The predicted octanol–water partition coefficient (Wildman–Crippen LogP) is 2.83. The van der Waals surface area contributed by atoms with Crippen LogP contribution in [-0.4, -0.2) is 24.0 Å². The van der Waals surface area contributed by atoms with E-state index in [1.807, 2.05) is 20.8 Å². The van der Waals surface area contributed by atoms with E-state index in [-0.39, 0.29) is 29.7 Å². The number of hydrogen-bond acceptors (Lipinski definition) is 4. The minimum Gasteiger partial charge on any atom is -0.484 e. The molecule has 0 unspecified atom stereocenters. The maximum Gasteiger partial charge on any atom is 0.291 e. The SMILES string of the molecule is CC(C)(C)NC(=O)COc1ccc(NC(=O)c2ccco2)cc1. The van der Waals surface area contributed by atoms with E-state index in [1.54, 1.807) is 36.4 Å². The number of ether oxygens (including phenoxy) is 1. The van der Waals surface area contributed by atoms with Gasteiger partial charge in [-0.1, -0.05) is 0 Å². The standard InChI is InChI=1S/C17H20N2O4/c1-17(2,3)19-15(20)11-23-13-8-6-12(7-9-13)18-16(21)14-5-4-10-22-14/h4-10H,11H2,1-3H3,(H,18,21)(H,19,20). The number of nitrogens with one attached hydrogen (secondary N) is 2. The lowest BCUT2D eigenvalue weighted by atomic mass is 10.1. The Balaban J connectivity index is 1.85. The first-order valence-corrected chi connectivity index (χ1v) is 7.22. The van der Waals surface area contributed by atoms with Crippen LogP contribution >= 0.6 is 0 Å². The van der Waals surface area contributed by atoms with Crippen molar-refractivity contribution >= 4 is 17.5 Å². The van der Waals surface area contributed by atoms with E-state index in [4.69, 9.17) is 9.15 Å². The zero-order valence-electron chi connectivity index (χ0n) is 13.4. The molecule has 0 aliphatic rings. The van der Waals surface area contributed by atoms with Gasteiger partial charge in [0.15, 0.2) is 12.4 Å². The summed E-state index contributed by atoms with van der Waals surface area (Å²) in [6, 6.07) is 9.98. The molecule has 122 valence electrons.